The van der Waals surface area contributed by atoms with Gasteiger partial charge in [0.15, 0.2) is 4.34 Å². The molecule has 0 fully saturated rings. The van der Waals surface area contributed by atoms with Crippen LogP contribution in [0.2, 0.25) is 0 Å². The van der Waals surface area contributed by atoms with E-state index in [1.54, 1.807) is 29.3 Å². The van der Waals surface area contributed by atoms with Crippen LogP contribution in [0.5, 0.6) is 0 Å². The summed E-state index contributed by atoms with van der Waals surface area (Å²) in [7, 11) is 0. The quantitative estimate of drug-likeness (QED) is 0.912. The van der Waals surface area contributed by atoms with Gasteiger partial charge < -0.3 is 5.73 Å². The largest absolute Gasteiger partial charge is 0.326 e. The minimum Gasteiger partial charge on any atom is -0.326 e. The van der Waals surface area contributed by atoms with Crippen LogP contribution in [0, 0.1) is 0 Å². The Hall–Kier alpha value is -0.980. The van der Waals surface area contributed by atoms with Crippen molar-refractivity contribution in [1.82, 2.24) is 15.2 Å². The predicted octanol–water partition coefficient (Wildman–Crippen LogP) is 2.67. The van der Waals surface area contributed by atoms with Crippen molar-refractivity contribution in [3.05, 3.63) is 28.4 Å². The number of hydrogen-bond acceptors (Lipinski definition) is 6. The summed E-state index contributed by atoms with van der Waals surface area (Å²) in [4.78, 5) is 4.26. The lowest BCUT2D eigenvalue weighted by Crippen LogP contribution is -2.10. The van der Waals surface area contributed by atoms with E-state index in [9.17, 15) is 0 Å². The summed E-state index contributed by atoms with van der Waals surface area (Å²) in [5, 5.41) is 11.5. The molecule has 18 heavy (non-hydrogen) atoms. The summed E-state index contributed by atoms with van der Waals surface area (Å²) in [5.41, 5.74) is 9.30. The lowest BCUT2D eigenvalue weighted by atomic mass is 10.0. The molecule has 0 atom stereocenters. The Morgan fingerprint density at radius 3 is 2.61 bits per heavy atom. The molecule has 2 rings (SSSR count). The first-order chi connectivity index (χ1) is 8.80. The number of aromatic nitrogens is 3. The summed E-state index contributed by atoms with van der Waals surface area (Å²) < 4.78 is 0.977. The Morgan fingerprint density at radius 2 is 2.06 bits per heavy atom. The molecule has 0 aliphatic carbocycles. The molecule has 0 unspecified atom stereocenters. The van der Waals surface area contributed by atoms with Crippen molar-refractivity contribution in [1.29, 1.82) is 0 Å². The number of nitrogens with zero attached hydrogens (tertiary/aromatic N) is 3. The highest BCUT2D eigenvalue weighted by atomic mass is 32.2. The molecule has 0 bridgehead atoms. The molecule has 2 N–H and O–H groups in total. The third kappa shape index (κ3) is 2.71. The van der Waals surface area contributed by atoms with Crippen LogP contribution >= 0.6 is 23.1 Å². The number of thiazole rings is 1. The molecule has 0 saturated carbocycles. The van der Waals surface area contributed by atoms with Gasteiger partial charge in [-0.2, -0.15) is 5.10 Å². The van der Waals surface area contributed by atoms with Crippen molar-refractivity contribution in [2.75, 3.05) is 0 Å². The molecule has 0 aromatic carbocycles. The third-order valence-corrected chi connectivity index (χ3v) is 4.62. The van der Waals surface area contributed by atoms with Crippen LogP contribution in [0.1, 0.15) is 30.7 Å². The Labute approximate surface area is 115 Å². The average Bonchev–Trinajstić information content (AvgIpc) is 2.90. The Kier molecular flexibility index (Phi) is 4.68. The molecular weight excluding hydrogens is 264 g/mol. The van der Waals surface area contributed by atoms with Crippen molar-refractivity contribution >= 4 is 23.1 Å². The molecular formula is C12H16N4S2. The van der Waals surface area contributed by atoms with Crippen molar-refractivity contribution in [2.24, 2.45) is 5.73 Å². The van der Waals surface area contributed by atoms with Gasteiger partial charge >= 0.3 is 0 Å². The molecule has 0 radical (unpaired) electrons. The van der Waals surface area contributed by atoms with Gasteiger partial charge in [-0.15, -0.1) is 16.4 Å². The summed E-state index contributed by atoms with van der Waals surface area (Å²) in [6.07, 6.45) is 3.63. The molecule has 0 aliphatic heterocycles. The minimum absolute atomic E-state index is 0.499. The SMILES string of the molecule is CCc1nnc(Sc2nccs2)c(CN)c1CC. The zero-order chi connectivity index (χ0) is 13.0. The van der Waals surface area contributed by atoms with Gasteiger partial charge in [0.05, 0.1) is 5.69 Å². The van der Waals surface area contributed by atoms with E-state index < -0.39 is 0 Å². The Bertz CT molecular complexity index is 511. The van der Waals surface area contributed by atoms with Gasteiger partial charge in [0.2, 0.25) is 0 Å². The van der Waals surface area contributed by atoms with Crippen molar-refractivity contribution in [2.45, 2.75) is 42.6 Å². The smallest absolute Gasteiger partial charge is 0.156 e. The second-order valence-corrected chi connectivity index (χ2v) is 5.85. The van der Waals surface area contributed by atoms with Crippen LogP contribution in [0.4, 0.5) is 0 Å². The Morgan fingerprint density at radius 1 is 1.22 bits per heavy atom. The van der Waals surface area contributed by atoms with Crippen molar-refractivity contribution in [3.8, 4) is 0 Å². The van der Waals surface area contributed by atoms with Gasteiger partial charge in [-0.3, -0.25) is 0 Å². The molecule has 4 nitrogen and oxygen atoms in total. The number of rotatable bonds is 5. The van der Waals surface area contributed by atoms with E-state index in [0.29, 0.717) is 6.54 Å². The monoisotopic (exact) mass is 280 g/mol. The second kappa shape index (κ2) is 6.26. The third-order valence-electron chi connectivity index (χ3n) is 2.72. The van der Waals surface area contributed by atoms with E-state index in [4.69, 9.17) is 5.73 Å². The normalized spacial score (nSPS) is 10.8. The van der Waals surface area contributed by atoms with E-state index in [1.165, 1.54) is 5.56 Å². The van der Waals surface area contributed by atoms with Crippen molar-refractivity contribution in [3.63, 3.8) is 0 Å². The minimum atomic E-state index is 0.499. The van der Waals surface area contributed by atoms with Gasteiger partial charge in [-0.25, -0.2) is 4.98 Å². The van der Waals surface area contributed by atoms with Gasteiger partial charge in [0, 0.05) is 23.7 Å². The van der Waals surface area contributed by atoms with Gasteiger partial charge in [-0.05, 0) is 30.2 Å². The lowest BCUT2D eigenvalue weighted by molar-refractivity contribution is 0.782. The van der Waals surface area contributed by atoms with Crippen LogP contribution in [0.3, 0.4) is 0 Å². The van der Waals surface area contributed by atoms with Gasteiger partial charge in [0.1, 0.15) is 5.03 Å². The van der Waals surface area contributed by atoms with Crippen LogP contribution in [0.25, 0.3) is 0 Å². The molecule has 0 amide bonds. The molecule has 2 aromatic rings. The highest BCUT2D eigenvalue weighted by Crippen LogP contribution is 2.31. The summed E-state index contributed by atoms with van der Waals surface area (Å²) in [6, 6.07) is 0. The zero-order valence-corrected chi connectivity index (χ0v) is 12.1. The van der Waals surface area contributed by atoms with Crippen LogP contribution in [-0.4, -0.2) is 15.2 Å². The first-order valence-electron chi connectivity index (χ1n) is 5.94. The first kappa shape index (κ1) is 13.5. The molecule has 0 aliphatic rings. The van der Waals surface area contributed by atoms with E-state index in [0.717, 1.165) is 33.5 Å². The first-order valence-corrected chi connectivity index (χ1v) is 7.64. The summed E-state index contributed by atoms with van der Waals surface area (Å²) in [5.74, 6) is 0. The van der Waals surface area contributed by atoms with E-state index in [-0.39, 0.29) is 0 Å². The number of aryl methyl sites for hydroxylation is 1. The fourth-order valence-electron chi connectivity index (χ4n) is 1.87. The average molecular weight is 280 g/mol. The van der Waals surface area contributed by atoms with Crippen LogP contribution < -0.4 is 5.73 Å². The van der Waals surface area contributed by atoms with E-state index in [1.807, 2.05) is 5.38 Å². The molecule has 2 heterocycles. The Balaban J connectivity index is 2.41. The molecule has 0 spiro atoms. The lowest BCUT2D eigenvalue weighted by Gasteiger charge is -2.12. The topological polar surface area (TPSA) is 64.7 Å². The maximum atomic E-state index is 5.88. The zero-order valence-electron chi connectivity index (χ0n) is 10.5. The molecule has 0 saturated heterocycles. The van der Waals surface area contributed by atoms with Gasteiger partial charge in [0.25, 0.3) is 0 Å². The van der Waals surface area contributed by atoms with Crippen molar-refractivity contribution < 1.29 is 0 Å². The van der Waals surface area contributed by atoms with Gasteiger partial charge in [-0.1, -0.05) is 13.8 Å². The fraction of sp³-hybridized carbons (Fsp3) is 0.417. The highest BCUT2D eigenvalue weighted by molar-refractivity contribution is 8.01. The highest BCUT2D eigenvalue weighted by Gasteiger charge is 2.14. The fourth-order valence-corrected chi connectivity index (χ4v) is 3.51. The second-order valence-electron chi connectivity index (χ2n) is 3.72. The maximum Gasteiger partial charge on any atom is 0.156 e. The summed E-state index contributed by atoms with van der Waals surface area (Å²) >= 11 is 3.15. The summed E-state index contributed by atoms with van der Waals surface area (Å²) in [6.45, 7) is 4.73. The molecule has 2 aromatic heterocycles. The van der Waals surface area contributed by atoms with Crippen LogP contribution in [0.15, 0.2) is 20.9 Å². The standard InChI is InChI=1S/C12H16N4S2/c1-3-8-9(7-13)11(16-15-10(8)4-2)18-12-14-5-6-17-12/h5-6H,3-4,7,13H2,1-2H3. The number of nitrogens with two attached hydrogens (primary N) is 1. The molecule has 96 valence electrons. The number of hydrogen-bond donors (Lipinski definition) is 1. The van der Waals surface area contributed by atoms with E-state index >= 15 is 0 Å². The predicted molar refractivity (Wildman–Crippen MR) is 74.9 cm³/mol. The maximum absolute atomic E-state index is 5.88. The molecule has 6 heteroatoms. The van der Waals surface area contributed by atoms with E-state index in [2.05, 4.69) is 29.0 Å². The van der Waals surface area contributed by atoms with Crippen LogP contribution in [-0.2, 0) is 19.4 Å².